The number of hydrogen-bond donors (Lipinski definition) is 0. The lowest BCUT2D eigenvalue weighted by Gasteiger charge is -2.30. The van der Waals surface area contributed by atoms with Crippen LogP contribution in [0.2, 0.25) is 0 Å². The van der Waals surface area contributed by atoms with Gasteiger partial charge in [0.05, 0.1) is 0 Å². The lowest BCUT2D eigenvalue weighted by atomic mass is 9.77. The third-order valence-electron chi connectivity index (χ3n) is 3.67. The fraction of sp³-hybridized carbons (Fsp3) is 1.00. The first kappa shape index (κ1) is 13.0. The van der Waals surface area contributed by atoms with E-state index in [9.17, 15) is 0 Å². The minimum absolute atomic E-state index is 0.508. The average molecular weight is 211 g/mol. The van der Waals surface area contributed by atoms with Crippen LogP contribution in [0.5, 0.6) is 0 Å². The van der Waals surface area contributed by atoms with E-state index in [1.807, 2.05) is 0 Å². The lowest BCUT2D eigenvalue weighted by molar-refractivity contribution is 0.203. The van der Waals surface area contributed by atoms with Crippen LogP contribution in [0.15, 0.2) is 0 Å². The monoisotopic (exact) mass is 211 g/mol. The first-order valence-electron chi connectivity index (χ1n) is 6.62. The zero-order valence-corrected chi connectivity index (χ0v) is 11.3. The summed E-state index contributed by atoms with van der Waals surface area (Å²) >= 11 is 0. The minimum atomic E-state index is 0.508. The lowest BCUT2D eigenvalue weighted by Crippen LogP contribution is -2.29. The van der Waals surface area contributed by atoms with Crippen molar-refractivity contribution >= 4 is 0 Å². The van der Waals surface area contributed by atoms with E-state index in [1.54, 1.807) is 0 Å². The summed E-state index contributed by atoms with van der Waals surface area (Å²) in [5, 5.41) is 0. The van der Waals surface area contributed by atoms with Gasteiger partial charge in [0.25, 0.3) is 0 Å². The molecule has 0 aromatic heterocycles. The smallest absolute Gasteiger partial charge is 0.000438 e. The second-order valence-electron chi connectivity index (χ2n) is 6.69. The topological polar surface area (TPSA) is 3.24 Å². The quantitative estimate of drug-likeness (QED) is 0.671. The molecule has 0 aliphatic carbocycles. The molecule has 0 spiro atoms. The summed E-state index contributed by atoms with van der Waals surface area (Å²) in [5.74, 6) is 1.74. The van der Waals surface area contributed by atoms with E-state index in [1.165, 1.54) is 38.9 Å². The molecule has 1 unspecified atom stereocenters. The molecule has 15 heavy (non-hydrogen) atoms. The predicted molar refractivity (Wildman–Crippen MR) is 68.1 cm³/mol. The fourth-order valence-electron chi connectivity index (χ4n) is 2.72. The van der Waals surface area contributed by atoms with Gasteiger partial charge in [-0.2, -0.15) is 0 Å². The van der Waals surface area contributed by atoms with Crippen molar-refractivity contribution in [3.8, 4) is 0 Å². The largest absolute Gasteiger partial charge is 0.303 e. The molecular weight excluding hydrogens is 182 g/mol. The maximum atomic E-state index is 2.66. The summed E-state index contributed by atoms with van der Waals surface area (Å²) in [6, 6.07) is 0. The first-order valence-corrected chi connectivity index (χ1v) is 6.62. The summed E-state index contributed by atoms with van der Waals surface area (Å²) in [5.41, 5.74) is 0.508. The van der Waals surface area contributed by atoms with E-state index in [-0.39, 0.29) is 0 Å². The third kappa shape index (κ3) is 4.55. The van der Waals surface area contributed by atoms with Gasteiger partial charge in [0.2, 0.25) is 0 Å². The predicted octanol–water partition coefficient (Wildman–Crippen LogP) is 3.79. The molecule has 1 nitrogen and oxygen atoms in total. The van der Waals surface area contributed by atoms with Crippen molar-refractivity contribution in [2.24, 2.45) is 17.3 Å². The summed E-state index contributed by atoms with van der Waals surface area (Å²) in [4.78, 5) is 2.66. The molecule has 1 heterocycles. The molecule has 1 aliphatic rings. The first-order chi connectivity index (χ1) is 6.89. The van der Waals surface area contributed by atoms with Crippen LogP contribution in [0.3, 0.4) is 0 Å². The molecule has 1 heteroatoms. The van der Waals surface area contributed by atoms with Crippen molar-refractivity contribution in [3.63, 3.8) is 0 Å². The van der Waals surface area contributed by atoms with Crippen LogP contribution in [0.1, 0.15) is 53.9 Å². The second-order valence-corrected chi connectivity index (χ2v) is 6.69. The molecule has 1 atom stereocenters. The van der Waals surface area contributed by atoms with E-state index in [0.717, 1.165) is 11.8 Å². The van der Waals surface area contributed by atoms with Crippen LogP contribution in [0.25, 0.3) is 0 Å². The zero-order valence-electron chi connectivity index (χ0n) is 11.3. The number of likely N-dealkylation sites (tertiary alicyclic amines) is 1. The van der Waals surface area contributed by atoms with E-state index in [2.05, 4.69) is 39.5 Å². The molecule has 0 amide bonds. The van der Waals surface area contributed by atoms with Gasteiger partial charge in [-0.1, -0.05) is 34.6 Å². The summed E-state index contributed by atoms with van der Waals surface area (Å²) in [7, 11) is 0. The Labute approximate surface area is 96.2 Å². The Morgan fingerprint density at radius 1 is 1.13 bits per heavy atom. The highest BCUT2D eigenvalue weighted by molar-refractivity contribution is 4.79. The molecule has 0 aromatic carbocycles. The molecule has 0 saturated carbocycles. The molecule has 1 saturated heterocycles. The van der Waals surface area contributed by atoms with Crippen LogP contribution in [0.4, 0.5) is 0 Å². The van der Waals surface area contributed by atoms with Crippen molar-refractivity contribution in [3.05, 3.63) is 0 Å². The molecule has 0 radical (unpaired) electrons. The Morgan fingerprint density at radius 2 is 1.80 bits per heavy atom. The Balaban J connectivity index is 2.42. The highest BCUT2D eigenvalue weighted by atomic mass is 15.1. The molecule has 0 aromatic rings. The fourth-order valence-corrected chi connectivity index (χ4v) is 2.72. The van der Waals surface area contributed by atoms with Gasteiger partial charge in [-0.05, 0) is 49.6 Å². The molecule has 1 aliphatic heterocycles. The van der Waals surface area contributed by atoms with Gasteiger partial charge in [-0.3, -0.25) is 0 Å². The van der Waals surface area contributed by atoms with Crippen LogP contribution in [-0.2, 0) is 0 Å². The molecule has 0 N–H and O–H groups in total. The Hall–Kier alpha value is -0.0400. The highest BCUT2D eigenvalue weighted by Crippen LogP contribution is 2.34. The van der Waals surface area contributed by atoms with Crippen molar-refractivity contribution in [1.29, 1.82) is 0 Å². The van der Waals surface area contributed by atoms with Gasteiger partial charge >= 0.3 is 0 Å². The van der Waals surface area contributed by atoms with Gasteiger partial charge in [0.15, 0.2) is 0 Å². The maximum Gasteiger partial charge on any atom is 0.000438 e. The van der Waals surface area contributed by atoms with Crippen molar-refractivity contribution < 1.29 is 0 Å². The normalized spacial score (nSPS) is 25.6. The SMILES string of the molecule is CC(C)CN1CCCC(C(C)(C)C)CC1. The van der Waals surface area contributed by atoms with Crippen LogP contribution in [0, 0.1) is 17.3 Å². The van der Waals surface area contributed by atoms with Crippen LogP contribution >= 0.6 is 0 Å². The summed E-state index contributed by atoms with van der Waals surface area (Å²) in [6.07, 6.45) is 4.23. The van der Waals surface area contributed by atoms with Crippen molar-refractivity contribution in [2.75, 3.05) is 19.6 Å². The number of rotatable bonds is 2. The van der Waals surface area contributed by atoms with Crippen molar-refractivity contribution in [2.45, 2.75) is 53.9 Å². The third-order valence-corrected chi connectivity index (χ3v) is 3.67. The summed E-state index contributed by atoms with van der Waals surface area (Å²) in [6.45, 7) is 15.8. The minimum Gasteiger partial charge on any atom is -0.303 e. The molecular formula is C14H29N. The van der Waals surface area contributed by atoms with Gasteiger partial charge < -0.3 is 4.90 Å². The zero-order chi connectivity index (χ0) is 11.5. The Morgan fingerprint density at radius 3 is 2.33 bits per heavy atom. The number of hydrogen-bond acceptors (Lipinski definition) is 1. The van der Waals surface area contributed by atoms with Gasteiger partial charge in [-0.25, -0.2) is 0 Å². The summed E-state index contributed by atoms with van der Waals surface area (Å²) < 4.78 is 0. The van der Waals surface area contributed by atoms with Gasteiger partial charge in [0.1, 0.15) is 0 Å². The van der Waals surface area contributed by atoms with E-state index < -0.39 is 0 Å². The Bertz CT molecular complexity index is 178. The average Bonchev–Trinajstić information content (AvgIpc) is 2.27. The number of nitrogens with zero attached hydrogens (tertiary/aromatic N) is 1. The highest BCUT2D eigenvalue weighted by Gasteiger charge is 2.26. The van der Waals surface area contributed by atoms with E-state index in [0.29, 0.717) is 5.41 Å². The van der Waals surface area contributed by atoms with Crippen molar-refractivity contribution in [1.82, 2.24) is 4.90 Å². The standard InChI is InChI=1S/C14H29N/c1-12(2)11-15-9-6-7-13(8-10-15)14(3,4)5/h12-13H,6-11H2,1-5H3. The van der Waals surface area contributed by atoms with Gasteiger partial charge in [0, 0.05) is 6.54 Å². The molecule has 90 valence electrons. The molecule has 1 fully saturated rings. The Kier molecular flexibility index (Phi) is 4.64. The van der Waals surface area contributed by atoms with E-state index >= 15 is 0 Å². The molecule has 0 bridgehead atoms. The maximum absolute atomic E-state index is 2.66. The molecule has 1 rings (SSSR count). The second kappa shape index (κ2) is 5.34. The van der Waals surface area contributed by atoms with Crippen LogP contribution < -0.4 is 0 Å². The van der Waals surface area contributed by atoms with Crippen LogP contribution in [-0.4, -0.2) is 24.5 Å². The van der Waals surface area contributed by atoms with Gasteiger partial charge in [-0.15, -0.1) is 0 Å². The van der Waals surface area contributed by atoms with E-state index in [4.69, 9.17) is 0 Å².